The summed E-state index contributed by atoms with van der Waals surface area (Å²) in [7, 11) is 0. The van der Waals surface area contributed by atoms with Crippen LogP contribution in [0.5, 0.6) is 11.5 Å². The van der Waals surface area contributed by atoms with Gasteiger partial charge in [-0.2, -0.15) is 4.39 Å². The van der Waals surface area contributed by atoms with Crippen molar-refractivity contribution in [1.29, 1.82) is 0 Å². The van der Waals surface area contributed by atoms with Gasteiger partial charge in [-0.05, 0) is 34.7 Å². The number of nitro benzene ring substituents is 1. The molecule has 0 atom stereocenters. The van der Waals surface area contributed by atoms with Gasteiger partial charge in [0, 0.05) is 12.1 Å². The minimum atomic E-state index is -1.27. The standard InChI is InChI=1S/C12H6F2INO3/c13-7-5-8(14)12(16(17)18)11(6-7)19-10-4-2-1-3-9(10)15/h1-6H. The van der Waals surface area contributed by atoms with E-state index in [0.717, 1.165) is 6.07 Å². The quantitative estimate of drug-likeness (QED) is 0.456. The highest BCUT2D eigenvalue weighted by molar-refractivity contribution is 14.1. The molecular weight excluding hydrogens is 371 g/mol. The second-order valence-electron chi connectivity index (χ2n) is 3.52. The van der Waals surface area contributed by atoms with Crippen molar-refractivity contribution >= 4 is 28.3 Å². The average molecular weight is 377 g/mol. The van der Waals surface area contributed by atoms with Crippen LogP contribution in [0.3, 0.4) is 0 Å². The molecule has 19 heavy (non-hydrogen) atoms. The van der Waals surface area contributed by atoms with Gasteiger partial charge in [0.25, 0.3) is 0 Å². The summed E-state index contributed by atoms with van der Waals surface area (Å²) in [5, 5.41) is 10.8. The van der Waals surface area contributed by atoms with Crippen molar-refractivity contribution in [3.8, 4) is 11.5 Å². The molecule has 0 N–H and O–H groups in total. The number of rotatable bonds is 3. The molecule has 0 bridgehead atoms. The maximum absolute atomic E-state index is 13.4. The Morgan fingerprint density at radius 1 is 1.16 bits per heavy atom. The predicted molar refractivity (Wildman–Crippen MR) is 72.2 cm³/mol. The first-order chi connectivity index (χ1) is 8.99. The summed E-state index contributed by atoms with van der Waals surface area (Å²) in [6.45, 7) is 0. The van der Waals surface area contributed by atoms with E-state index in [0.29, 0.717) is 9.64 Å². The third-order valence-corrected chi connectivity index (χ3v) is 3.12. The Labute approximate surface area is 120 Å². The van der Waals surface area contributed by atoms with Crippen LogP contribution >= 0.6 is 22.6 Å². The van der Waals surface area contributed by atoms with Gasteiger partial charge in [-0.25, -0.2) is 4.39 Å². The van der Waals surface area contributed by atoms with Gasteiger partial charge in [0.15, 0.2) is 0 Å². The van der Waals surface area contributed by atoms with Crippen molar-refractivity contribution in [3.05, 3.63) is 61.7 Å². The monoisotopic (exact) mass is 377 g/mol. The number of ether oxygens (including phenoxy) is 1. The number of halogens is 3. The van der Waals surface area contributed by atoms with Crippen molar-refractivity contribution < 1.29 is 18.4 Å². The van der Waals surface area contributed by atoms with Crippen LogP contribution in [0.4, 0.5) is 14.5 Å². The Bertz CT molecular complexity index is 649. The first-order valence-corrected chi connectivity index (χ1v) is 6.12. The van der Waals surface area contributed by atoms with E-state index >= 15 is 0 Å². The fourth-order valence-corrected chi connectivity index (χ4v) is 1.94. The molecule has 0 saturated carbocycles. The normalized spacial score (nSPS) is 10.3. The predicted octanol–water partition coefficient (Wildman–Crippen LogP) is 4.27. The number of nitrogens with zero attached hydrogens (tertiary/aromatic N) is 1. The molecule has 98 valence electrons. The van der Waals surface area contributed by atoms with Gasteiger partial charge in [0.2, 0.25) is 11.6 Å². The molecule has 4 nitrogen and oxygen atoms in total. The molecule has 0 saturated heterocycles. The summed E-state index contributed by atoms with van der Waals surface area (Å²) < 4.78 is 32.4. The van der Waals surface area contributed by atoms with E-state index in [2.05, 4.69) is 0 Å². The Kier molecular flexibility index (Phi) is 3.93. The SMILES string of the molecule is O=[N+]([O-])c1c(F)cc(F)cc1Oc1ccccc1I. The molecule has 0 amide bonds. The van der Waals surface area contributed by atoms with E-state index < -0.39 is 28.0 Å². The topological polar surface area (TPSA) is 52.4 Å². The van der Waals surface area contributed by atoms with E-state index in [-0.39, 0.29) is 5.75 Å². The van der Waals surface area contributed by atoms with Crippen molar-refractivity contribution in [2.75, 3.05) is 0 Å². The molecule has 0 unspecified atom stereocenters. The molecule has 2 rings (SSSR count). The lowest BCUT2D eigenvalue weighted by molar-refractivity contribution is -0.388. The van der Waals surface area contributed by atoms with Crippen molar-refractivity contribution in [3.63, 3.8) is 0 Å². The van der Waals surface area contributed by atoms with Crippen LogP contribution in [-0.4, -0.2) is 4.92 Å². The minimum absolute atomic E-state index is 0.288. The molecule has 0 spiro atoms. The van der Waals surface area contributed by atoms with E-state index in [9.17, 15) is 18.9 Å². The van der Waals surface area contributed by atoms with E-state index in [1.807, 2.05) is 22.6 Å². The van der Waals surface area contributed by atoms with Crippen LogP contribution in [0.2, 0.25) is 0 Å². The largest absolute Gasteiger partial charge is 0.449 e. The molecule has 0 fully saturated rings. The molecule has 0 aromatic heterocycles. The lowest BCUT2D eigenvalue weighted by Gasteiger charge is -2.08. The first kappa shape index (κ1) is 13.7. The van der Waals surface area contributed by atoms with Crippen LogP contribution < -0.4 is 4.74 Å². The number of para-hydroxylation sites is 1. The maximum atomic E-state index is 13.4. The van der Waals surface area contributed by atoms with Gasteiger partial charge in [0.05, 0.1) is 8.49 Å². The van der Waals surface area contributed by atoms with Gasteiger partial charge in [-0.1, -0.05) is 12.1 Å². The Morgan fingerprint density at radius 3 is 2.47 bits per heavy atom. The third kappa shape index (κ3) is 2.98. The molecular formula is C12H6F2INO3. The number of nitro groups is 1. The lowest BCUT2D eigenvalue weighted by atomic mass is 10.2. The molecule has 7 heteroatoms. The summed E-state index contributed by atoms with van der Waals surface area (Å²) in [6.07, 6.45) is 0. The summed E-state index contributed by atoms with van der Waals surface area (Å²) in [4.78, 5) is 9.85. The second kappa shape index (κ2) is 5.47. The highest BCUT2D eigenvalue weighted by atomic mass is 127. The summed E-state index contributed by atoms with van der Waals surface area (Å²) in [6, 6.07) is 7.88. The smallest absolute Gasteiger partial charge is 0.347 e. The van der Waals surface area contributed by atoms with Gasteiger partial charge in [-0.3, -0.25) is 10.1 Å². The third-order valence-electron chi connectivity index (χ3n) is 2.23. The fourth-order valence-electron chi connectivity index (χ4n) is 1.44. The molecule has 0 aliphatic rings. The zero-order chi connectivity index (χ0) is 14.0. The zero-order valence-corrected chi connectivity index (χ0v) is 11.4. The van der Waals surface area contributed by atoms with Crippen LogP contribution in [0.1, 0.15) is 0 Å². The number of benzene rings is 2. The summed E-state index contributed by atoms with van der Waals surface area (Å²) in [5.74, 6) is -2.39. The van der Waals surface area contributed by atoms with Gasteiger partial charge < -0.3 is 4.74 Å². The molecule has 0 heterocycles. The minimum Gasteiger partial charge on any atom is -0.449 e. The Balaban J connectivity index is 2.51. The molecule has 0 aliphatic heterocycles. The number of hydrogen-bond donors (Lipinski definition) is 0. The van der Waals surface area contributed by atoms with Crippen molar-refractivity contribution in [2.24, 2.45) is 0 Å². The van der Waals surface area contributed by atoms with Crippen LogP contribution in [0.25, 0.3) is 0 Å². The molecule has 2 aromatic carbocycles. The zero-order valence-electron chi connectivity index (χ0n) is 9.27. The molecule has 0 radical (unpaired) electrons. The Morgan fingerprint density at radius 2 is 1.84 bits per heavy atom. The van der Waals surface area contributed by atoms with Crippen LogP contribution in [-0.2, 0) is 0 Å². The van der Waals surface area contributed by atoms with Crippen LogP contribution in [0.15, 0.2) is 36.4 Å². The van der Waals surface area contributed by atoms with Gasteiger partial charge in [-0.15, -0.1) is 0 Å². The maximum Gasteiger partial charge on any atom is 0.347 e. The van der Waals surface area contributed by atoms with Gasteiger partial charge >= 0.3 is 5.69 Å². The van der Waals surface area contributed by atoms with Crippen molar-refractivity contribution in [2.45, 2.75) is 0 Å². The lowest BCUT2D eigenvalue weighted by Crippen LogP contribution is -1.98. The molecule has 2 aromatic rings. The van der Waals surface area contributed by atoms with E-state index in [1.165, 1.54) is 0 Å². The summed E-state index contributed by atoms with van der Waals surface area (Å²) in [5.41, 5.74) is -0.888. The van der Waals surface area contributed by atoms with Crippen LogP contribution in [0, 0.1) is 25.3 Å². The fraction of sp³-hybridized carbons (Fsp3) is 0. The second-order valence-corrected chi connectivity index (χ2v) is 4.69. The first-order valence-electron chi connectivity index (χ1n) is 5.05. The molecule has 0 aliphatic carbocycles. The van der Waals surface area contributed by atoms with E-state index in [4.69, 9.17) is 4.74 Å². The highest BCUT2D eigenvalue weighted by Gasteiger charge is 2.24. The van der Waals surface area contributed by atoms with Crippen molar-refractivity contribution in [1.82, 2.24) is 0 Å². The number of hydrogen-bond acceptors (Lipinski definition) is 3. The highest BCUT2D eigenvalue weighted by Crippen LogP contribution is 2.35. The van der Waals surface area contributed by atoms with Gasteiger partial charge in [0.1, 0.15) is 11.6 Å². The van der Waals surface area contributed by atoms with E-state index in [1.54, 1.807) is 24.3 Å². The summed E-state index contributed by atoms with van der Waals surface area (Å²) >= 11 is 1.95. The average Bonchev–Trinajstić information content (AvgIpc) is 2.30. The Hall–Kier alpha value is -1.77.